The number of phenolic OH excluding ortho intramolecular Hbond substituents is 3. The Morgan fingerprint density at radius 1 is 0.562 bits per heavy atom. The Balaban J connectivity index is 1.75. The minimum atomic E-state index is -0.534. The summed E-state index contributed by atoms with van der Waals surface area (Å²) in [5, 5.41) is 29.7. The predicted molar refractivity (Wildman–Crippen MR) is 122 cm³/mol. The maximum atomic E-state index is 9.89. The summed E-state index contributed by atoms with van der Waals surface area (Å²) in [7, 11) is 0. The van der Waals surface area contributed by atoms with Gasteiger partial charge in [-0.05, 0) is 65.9 Å². The van der Waals surface area contributed by atoms with E-state index in [1.54, 1.807) is 36.4 Å². The molecule has 6 nitrogen and oxygen atoms in total. The SMILES string of the molecule is Oc1ccc(C(CCCCc2ncncn2)(c2ccc(O)cc2)c2ccc(O)cc2)cc1. The van der Waals surface area contributed by atoms with Crippen LogP contribution in [0.3, 0.4) is 0 Å². The lowest BCUT2D eigenvalue weighted by Crippen LogP contribution is -2.29. The molecule has 1 aromatic heterocycles. The van der Waals surface area contributed by atoms with Gasteiger partial charge in [-0.15, -0.1) is 0 Å². The molecule has 0 fully saturated rings. The van der Waals surface area contributed by atoms with Gasteiger partial charge in [-0.3, -0.25) is 0 Å². The zero-order chi connectivity index (χ0) is 22.4. The molecular weight excluding hydrogens is 402 g/mol. The average molecular weight is 428 g/mol. The largest absolute Gasteiger partial charge is 0.508 e. The van der Waals surface area contributed by atoms with Crippen LogP contribution in [0.2, 0.25) is 0 Å². The average Bonchev–Trinajstić information content (AvgIpc) is 2.82. The number of benzene rings is 3. The number of aromatic nitrogens is 3. The highest BCUT2D eigenvalue weighted by Crippen LogP contribution is 2.44. The molecule has 4 aromatic rings. The van der Waals surface area contributed by atoms with Crippen molar-refractivity contribution in [3.05, 3.63) is 108 Å². The third kappa shape index (κ3) is 4.54. The van der Waals surface area contributed by atoms with Crippen molar-refractivity contribution in [3.8, 4) is 17.2 Å². The number of aromatic hydroxyl groups is 3. The van der Waals surface area contributed by atoms with Gasteiger partial charge in [0.25, 0.3) is 0 Å². The molecule has 0 aliphatic carbocycles. The van der Waals surface area contributed by atoms with Crippen LogP contribution in [-0.2, 0) is 11.8 Å². The van der Waals surface area contributed by atoms with Crippen molar-refractivity contribution in [1.29, 1.82) is 0 Å². The van der Waals surface area contributed by atoms with Gasteiger partial charge in [0.05, 0.1) is 0 Å². The van der Waals surface area contributed by atoms with Crippen LogP contribution in [0.5, 0.6) is 17.2 Å². The molecule has 0 aliphatic rings. The van der Waals surface area contributed by atoms with Gasteiger partial charge in [-0.1, -0.05) is 42.8 Å². The van der Waals surface area contributed by atoms with Crippen LogP contribution < -0.4 is 0 Å². The van der Waals surface area contributed by atoms with Crippen molar-refractivity contribution in [3.63, 3.8) is 0 Å². The first-order chi connectivity index (χ1) is 15.6. The van der Waals surface area contributed by atoms with Crippen molar-refractivity contribution >= 4 is 0 Å². The fraction of sp³-hybridized carbons (Fsp3) is 0.192. The van der Waals surface area contributed by atoms with Crippen molar-refractivity contribution in [2.75, 3.05) is 0 Å². The lowest BCUT2D eigenvalue weighted by atomic mass is 9.66. The second-order valence-corrected chi connectivity index (χ2v) is 7.81. The van der Waals surface area contributed by atoms with Crippen LogP contribution in [0, 0.1) is 0 Å². The summed E-state index contributed by atoms with van der Waals surface area (Å²) in [5.74, 6) is 1.38. The summed E-state index contributed by atoms with van der Waals surface area (Å²) >= 11 is 0. The highest BCUT2D eigenvalue weighted by molar-refractivity contribution is 5.52. The first-order valence-electron chi connectivity index (χ1n) is 10.6. The van der Waals surface area contributed by atoms with E-state index in [4.69, 9.17) is 0 Å². The smallest absolute Gasteiger partial charge is 0.131 e. The topological polar surface area (TPSA) is 99.4 Å². The van der Waals surface area contributed by atoms with Gasteiger partial charge in [0.2, 0.25) is 0 Å². The van der Waals surface area contributed by atoms with E-state index in [0.29, 0.717) is 0 Å². The summed E-state index contributed by atoms with van der Waals surface area (Å²) in [6.45, 7) is 0. The van der Waals surface area contributed by atoms with Gasteiger partial charge < -0.3 is 15.3 Å². The van der Waals surface area contributed by atoms with Crippen molar-refractivity contribution < 1.29 is 15.3 Å². The van der Waals surface area contributed by atoms with E-state index in [0.717, 1.165) is 48.2 Å². The summed E-state index contributed by atoms with van der Waals surface area (Å²) in [6, 6.07) is 21.7. The van der Waals surface area contributed by atoms with Crippen LogP contribution in [0.4, 0.5) is 0 Å². The Bertz CT molecular complexity index is 1020. The van der Waals surface area contributed by atoms with E-state index in [2.05, 4.69) is 15.0 Å². The number of nitrogens with zero attached hydrogens (tertiary/aromatic N) is 3. The number of unbranched alkanes of at least 4 members (excludes halogenated alkanes) is 1. The Morgan fingerprint density at radius 2 is 0.969 bits per heavy atom. The van der Waals surface area contributed by atoms with E-state index in [1.165, 1.54) is 12.7 Å². The van der Waals surface area contributed by atoms with Gasteiger partial charge in [0.1, 0.15) is 35.7 Å². The van der Waals surface area contributed by atoms with Crippen LogP contribution in [0.25, 0.3) is 0 Å². The molecule has 4 rings (SSSR count). The third-order valence-corrected chi connectivity index (χ3v) is 5.83. The summed E-state index contributed by atoms with van der Waals surface area (Å²) in [5.41, 5.74) is 2.53. The maximum absolute atomic E-state index is 9.89. The molecule has 0 saturated heterocycles. The Hall–Kier alpha value is -3.93. The van der Waals surface area contributed by atoms with E-state index in [1.807, 2.05) is 36.4 Å². The second kappa shape index (κ2) is 9.47. The molecule has 3 aromatic carbocycles. The van der Waals surface area contributed by atoms with Crippen LogP contribution in [0.1, 0.15) is 41.8 Å². The lowest BCUT2D eigenvalue weighted by molar-refractivity contribution is 0.469. The molecule has 0 bridgehead atoms. The highest BCUT2D eigenvalue weighted by atomic mass is 16.3. The number of phenols is 3. The summed E-state index contributed by atoms with van der Waals surface area (Å²) in [4.78, 5) is 12.3. The third-order valence-electron chi connectivity index (χ3n) is 5.83. The normalized spacial score (nSPS) is 11.4. The van der Waals surface area contributed by atoms with E-state index >= 15 is 0 Å². The van der Waals surface area contributed by atoms with Crippen molar-refractivity contribution in [2.45, 2.75) is 31.1 Å². The summed E-state index contributed by atoms with van der Waals surface area (Å²) in [6.07, 6.45) is 6.32. The molecule has 3 N–H and O–H groups in total. The molecule has 32 heavy (non-hydrogen) atoms. The minimum Gasteiger partial charge on any atom is -0.508 e. The van der Waals surface area contributed by atoms with E-state index in [9.17, 15) is 15.3 Å². The molecular formula is C26H25N3O3. The Kier molecular flexibility index (Phi) is 6.31. The quantitative estimate of drug-likeness (QED) is 0.278. The number of hydrogen-bond acceptors (Lipinski definition) is 6. The number of rotatable bonds is 8. The standard InChI is InChI=1S/C26H25N3O3/c30-22-10-4-19(5-11-22)26(20-6-12-23(31)13-7-20,21-8-14-24(32)15-9-21)16-2-1-3-25-28-17-27-18-29-25/h4-15,17-18,30-32H,1-3,16H2. The molecule has 0 atom stereocenters. The molecule has 0 amide bonds. The van der Waals surface area contributed by atoms with Gasteiger partial charge >= 0.3 is 0 Å². The summed E-state index contributed by atoms with van der Waals surface area (Å²) < 4.78 is 0. The zero-order valence-electron chi connectivity index (χ0n) is 17.6. The first-order valence-corrected chi connectivity index (χ1v) is 10.6. The van der Waals surface area contributed by atoms with E-state index in [-0.39, 0.29) is 17.2 Å². The molecule has 0 unspecified atom stereocenters. The molecule has 0 aliphatic heterocycles. The van der Waals surface area contributed by atoms with Gasteiger partial charge in [-0.25, -0.2) is 15.0 Å². The zero-order valence-corrected chi connectivity index (χ0v) is 17.6. The molecule has 0 saturated carbocycles. The van der Waals surface area contributed by atoms with Gasteiger partial charge in [-0.2, -0.15) is 0 Å². The second-order valence-electron chi connectivity index (χ2n) is 7.81. The molecule has 0 spiro atoms. The van der Waals surface area contributed by atoms with E-state index < -0.39 is 5.41 Å². The minimum absolute atomic E-state index is 0.203. The molecule has 0 radical (unpaired) electrons. The van der Waals surface area contributed by atoms with Gasteiger partial charge in [0.15, 0.2) is 0 Å². The molecule has 6 heteroatoms. The molecule has 1 heterocycles. The Morgan fingerprint density at radius 3 is 1.38 bits per heavy atom. The van der Waals surface area contributed by atoms with Crippen molar-refractivity contribution in [2.24, 2.45) is 0 Å². The monoisotopic (exact) mass is 427 g/mol. The fourth-order valence-electron chi connectivity index (χ4n) is 4.24. The fourth-order valence-corrected chi connectivity index (χ4v) is 4.24. The van der Waals surface area contributed by atoms with Crippen LogP contribution in [0.15, 0.2) is 85.5 Å². The van der Waals surface area contributed by atoms with Crippen molar-refractivity contribution in [1.82, 2.24) is 15.0 Å². The predicted octanol–water partition coefficient (Wildman–Crippen LogP) is 4.74. The first kappa shape index (κ1) is 21.3. The maximum Gasteiger partial charge on any atom is 0.131 e. The number of aryl methyl sites for hydroxylation is 1. The highest BCUT2D eigenvalue weighted by Gasteiger charge is 2.36. The number of hydrogen-bond donors (Lipinski definition) is 3. The van der Waals surface area contributed by atoms with Crippen LogP contribution in [-0.4, -0.2) is 30.3 Å². The Labute approximate surface area is 186 Å². The van der Waals surface area contributed by atoms with Crippen LogP contribution >= 0.6 is 0 Å². The van der Waals surface area contributed by atoms with Gasteiger partial charge in [0, 0.05) is 11.8 Å². The molecule has 162 valence electrons. The lowest BCUT2D eigenvalue weighted by Gasteiger charge is -2.36.